The van der Waals surface area contributed by atoms with Crippen LogP contribution in [-0.4, -0.2) is 64.1 Å². The second-order valence-corrected chi connectivity index (χ2v) is 7.28. The topological polar surface area (TPSA) is 56.7 Å². The molecule has 0 saturated carbocycles. The lowest BCUT2D eigenvalue weighted by atomic mass is 10.1. The monoisotopic (exact) mass is 347 g/mol. The number of halogens is 1. The van der Waals surface area contributed by atoms with Crippen molar-refractivity contribution in [3.63, 3.8) is 0 Å². The zero-order valence-electron chi connectivity index (χ0n) is 14.0. The van der Waals surface area contributed by atoms with Gasteiger partial charge in [0.25, 0.3) is 5.91 Å². The van der Waals surface area contributed by atoms with E-state index in [2.05, 4.69) is 9.88 Å². The number of hydrogen-bond donors (Lipinski definition) is 1. The van der Waals surface area contributed by atoms with E-state index in [4.69, 9.17) is 11.6 Å². The summed E-state index contributed by atoms with van der Waals surface area (Å²) in [6.07, 6.45) is 1.68. The molecule has 6 heteroatoms. The molecule has 2 aromatic rings. The van der Waals surface area contributed by atoms with Crippen molar-refractivity contribution < 1.29 is 9.90 Å². The Labute approximate surface area is 146 Å². The SMILES string of the molecule is CC(C)(O)CN1CCN(C(=O)c2ccc(Cl)c3ncccc23)CC1. The minimum atomic E-state index is -0.718. The lowest BCUT2D eigenvalue weighted by Crippen LogP contribution is -2.52. The number of carbonyl (C=O) groups is 1. The van der Waals surface area contributed by atoms with Crippen molar-refractivity contribution in [1.82, 2.24) is 14.8 Å². The van der Waals surface area contributed by atoms with Crippen LogP contribution >= 0.6 is 11.6 Å². The summed E-state index contributed by atoms with van der Waals surface area (Å²) in [4.78, 5) is 21.2. The molecule has 5 nitrogen and oxygen atoms in total. The van der Waals surface area contributed by atoms with Crippen LogP contribution in [0.2, 0.25) is 5.02 Å². The molecule has 1 aromatic carbocycles. The third-order valence-electron chi connectivity index (χ3n) is 4.22. The number of nitrogens with zero attached hydrogens (tertiary/aromatic N) is 3. The minimum absolute atomic E-state index is 0.00701. The van der Waals surface area contributed by atoms with Gasteiger partial charge in [-0.1, -0.05) is 17.7 Å². The summed E-state index contributed by atoms with van der Waals surface area (Å²) in [6.45, 7) is 7.05. The molecule has 1 saturated heterocycles. The lowest BCUT2D eigenvalue weighted by molar-refractivity contribution is 0.0179. The number of aromatic nitrogens is 1. The summed E-state index contributed by atoms with van der Waals surface area (Å²) in [7, 11) is 0. The molecule has 0 bridgehead atoms. The predicted octanol–water partition coefficient (Wildman–Crippen LogP) is 2.42. The standard InChI is InChI=1S/C18H22ClN3O2/c1-18(2,24)12-21-8-10-22(11-9-21)17(23)14-5-6-15(19)16-13(14)4-3-7-20-16/h3-7,24H,8-12H2,1-2H3. The maximum absolute atomic E-state index is 12.9. The van der Waals surface area contributed by atoms with Gasteiger partial charge in [-0.15, -0.1) is 0 Å². The van der Waals surface area contributed by atoms with Gasteiger partial charge in [-0.25, -0.2) is 0 Å². The number of pyridine rings is 1. The first-order valence-electron chi connectivity index (χ1n) is 8.12. The van der Waals surface area contributed by atoms with Gasteiger partial charge < -0.3 is 10.0 Å². The second kappa shape index (κ2) is 6.67. The highest BCUT2D eigenvalue weighted by molar-refractivity contribution is 6.35. The van der Waals surface area contributed by atoms with Crippen molar-refractivity contribution in [3.05, 3.63) is 41.0 Å². The molecule has 1 aromatic heterocycles. The van der Waals surface area contributed by atoms with Gasteiger partial charge in [-0.05, 0) is 32.0 Å². The lowest BCUT2D eigenvalue weighted by Gasteiger charge is -2.37. The fraction of sp³-hybridized carbons (Fsp3) is 0.444. The van der Waals surface area contributed by atoms with E-state index in [0.717, 1.165) is 18.5 Å². The van der Waals surface area contributed by atoms with Crippen molar-refractivity contribution in [2.45, 2.75) is 19.4 Å². The Kier molecular flexibility index (Phi) is 4.76. The number of piperazine rings is 1. The highest BCUT2D eigenvalue weighted by Gasteiger charge is 2.26. The van der Waals surface area contributed by atoms with Gasteiger partial charge in [0.1, 0.15) is 0 Å². The Balaban J connectivity index is 1.76. The predicted molar refractivity (Wildman–Crippen MR) is 95.4 cm³/mol. The fourth-order valence-electron chi connectivity index (χ4n) is 3.15. The first kappa shape index (κ1) is 17.1. The summed E-state index contributed by atoms with van der Waals surface area (Å²) >= 11 is 6.18. The number of β-amino-alcohol motifs (C(OH)–C–C–N with tert-alkyl or cyclic N) is 1. The summed E-state index contributed by atoms with van der Waals surface area (Å²) in [5.41, 5.74) is 0.577. The maximum atomic E-state index is 12.9. The fourth-order valence-corrected chi connectivity index (χ4v) is 3.36. The molecule has 0 radical (unpaired) electrons. The Morgan fingerprint density at radius 3 is 2.62 bits per heavy atom. The van der Waals surface area contributed by atoms with Gasteiger partial charge in [0.05, 0.1) is 16.1 Å². The van der Waals surface area contributed by atoms with Crippen LogP contribution in [0, 0.1) is 0 Å². The molecule has 0 unspecified atom stereocenters. The molecule has 0 atom stereocenters. The van der Waals surface area contributed by atoms with Crippen molar-refractivity contribution >= 4 is 28.4 Å². The van der Waals surface area contributed by atoms with Crippen molar-refractivity contribution in [1.29, 1.82) is 0 Å². The van der Waals surface area contributed by atoms with Crippen LogP contribution in [0.1, 0.15) is 24.2 Å². The molecule has 1 aliphatic heterocycles. The zero-order chi connectivity index (χ0) is 17.3. The number of aliphatic hydroxyl groups is 1. The summed E-state index contributed by atoms with van der Waals surface area (Å²) in [5, 5.41) is 11.3. The van der Waals surface area contributed by atoms with E-state index in [0.29, 0.717) is 35.7 Å². The van der Waals surface area contributed by atoms with Gasteiger partial charge in [0.2, 0.25) is 0 Å². The first-order valence-corrected chi connectivity index (χ1v) is 8.50. The molecule has 0 spiro atoms. The Morgan fingerprint density at radius 2 is 1.96 bits per heavy atom. The van der Waals surface area contributed by atoms with Crippen LogP contribution in [0.25, 0.3) is 10.9 Å². The number of rotatable bonds is 3. The molecule has 24 heavy (non-hydrogen) atoms. The summed E-state index contributed by atoms with van der Waals surface area (Å²) in [6, 6.07) is 7.20. The van der Waals surface area contributed by atoms with E-state index < -0.39 is 5.60 Å². The van der Waals surface area contributed by atoms with E-state index in [9.17, 15) is 9.90 Å². The van der Waals surface area contributed by atoms with E-state index in [1.807, 2.05) is 17.0 Å². The molecule has 128 valence electrons. The summed E-state index contributed by atoms with van der Waals surface area (Å²) < 4.78 is 0. The smallest absolute Gasteiger partial charge is 0.254 e. The zero-order valence-corrected chi connectivity index (χ0v) is 14.8. The number of fused-ring (bicyclic) bond motifs is 1. The van der Waals surface area contributed by atoms with E-state index in [1.165, 1.54) is 0 Å². The van der Waals surface area contributed by atoms with Gasteiger partial charge in [-0.3, -0.25) is 14.7 Å². The quantitative estimate of drug-likeness (QED) is 0.926. The van der Waals surface area contributed by atoms with Gasteiger partial charge in [0, 0.05) is 49.9 Å². The third kappa shape index (κ3) is 3.69. The number of carbonyl (C=O) groups excluding carboxylic acids is 1. The largest absolute Gasteiger partial charge is 0.389 e. The van der Waals surface area contributed by atoms with Crippen LogP contribution in [0.5, 0.6) is 0 Å². The van der Waals surface area contributed by atoms with Crippen molar-refractivity contribution in [2.75, 3.05) is 32.7 Å². The Bertz CT molecular complexity index is 750. The molecule has 0 aliphatic carbocycles. The van der Waals surface area contributed by atoms with Crippen molar-refractivity contribution in [3.8, 4) is 0 Å². The highest BCUT2D eigenvalue weighted by atomic mass is 35.5. The number of amides is 1. The molecular weight excluding hydrogens is 326 g/mol. The summed E-state index contributed by atoms with van der Waals surface area (Å²) in [5.74, 6) is 0.00701. The molecule has 2 heterocycles. The van der Waals surface area contributed by atoms with Gasteiger partial charge in [0.15, 0.2) is 0 Å². The van der Waals surface area contributed by atoms with Crippen LogP contribution in [0.3, 0.4) is 0 Å². The third-order valence-corrected chi connectivity index (χ3v) is 4.53. The first-order chi connectivity index (χ1) is 11.3. The number of benzene rings is 1. The normalized spacial score (nSPS) is 16.6. The van der Waals surface area contributed by atoms with Crippen LogP contribution < -0.4 is 0 Å². The van der Waals surface area contributed by atoms with E-state index in [1.54, 1.807) is 32.2 Å². The molecule has 3 rings (SSSR count). The molecule has 1 N–H and O–H groups in total. The van der Waals surface area contributed by atoms with E-state index in [-0.39, 0.29) is 5.91 Å². The number of hydrogen-bond acceptors (Lipinski definition) is 4. The van der Waals surface area contributed by atoms with E-state index >= 15 is 0 Å². The van der Waals surface area contributed by atoms with Gasteiger partial charge >= 0.3 is 0 Å². The minimum Gasteiger partial charge on any atom is -0.389 e. The second-order valence-electron chi connectivity index (χ2n) is 6.88. The van der Waals surface area contributed by atoms with Crippen LogP contribution in [0.4, 0.5) is 0 Å². The Hall–Kier alpha value is -1.69. The maximum Gasteiger partial charge on any atom is 0.254 e. The van der Waals surface area contributed by atoms with Crippen LogP contribution in [-0.2, 0) is 0 Å². The molecule has 1 aliphatic rings. The van der Waals surface area contributed by atoms with Crippen molar-refractivity contribution in [2.24, 2.45) is 0 Å². The average Bonchev–Trinajstić information content (AvgIpc) is 2.54. The average molecular weight is 348 g/mol. The highest BCUT2D eigenvalue weighted by Crippen LogP contribution is 2.25. The molecule has 1 fully saturated rings. The molecular formula is C18H22ClN3O2. The van der Waals surface area contributed by atoms with Gasteiger partial charge in [-0.2, -0.15) is 0 Å². The van der Waals surface area contributed by atoms with Crippen LogP contribution in [0.15, 0.2) is 30.5 Å². The molecule has 1 amide bonds. The Morgan fingerprint density at radius 1 is 1.25 bits per heavy atom.